The third kappa shape index (κ3) is 3.28. The van der Waals surface area contributed by atoms with E-state index < -0.39 is 0 Å². The summed E-state index contributed by atoms with van der Waals surface area (Å²) in [5.41, 5.74) is 2.25. The molecule has 1 N–H and O–H groups in total. The number of amides is 2. The molecule has 148 valence electrons. The highest BCUT2D eigenvalue weighted by Crippen LogP contribution is 2.32. The van der Waals surface area contributed by atoms with Gasteiger partial charge in [-0.2, -0.15) is 5.10 Å². The van der Waals surface area contributed by atoms with E-state index in [4.69, 9.17) is 0 Å². The van der Waals surface area contributed by atoms with E-state index in [1.54, 1.807) is 4.90 Å². The number of H-pyrrole nitrogens is 1. The topological polar surface area (TPSA) is 69.3 Å². The number of piperidine rings is 1. The number of rotatable bonds is 3. The van der Waals surface area contributed by atoms with Crippen molar-refractivity contribution < 1.29 is 9.59 Å². The van der Waals surface area contributed by atoms with Crippen LogP contribution in [0.2, 0.25) is 0 Å². The molecule has 2 amide bonds. The van der Waals surface area contributed by atoms with Crippen molar-refractivity contribution >= 4 is 28.5 Å². The van der Waals surface area contributed by atoms with Crippen LogP contribution in [0.5, 0.6) is 0 Å². The fraction of sp³-hybridized carbons (Fsp3) is 0.348. The van der Waals surface area contributed by atoms with E-state index in [0.717, 1.165) is 36.8 Å². The highest BCUT2D eigenvalue weighted by atomic mass is 16.2. The minimum absolute atomic E-state index is 0.0280. The van der Waals surface area contributed by atoms with Gasteiger partial charge in [-0.1, -0.05) is 42.5 Å². The maximum Gasteiger partial charge on any atom is 0.229 e. The number of carbonyl (C=O) groups is 2. The zero-order valence-corrected chi connectivity index (χ0v) is 16.3. The Morgan fingerprint density at radius 1 is 1.00 bits per heavy atom. The molecule has 0 saturated carbocycles. The number of nitrogens with zero attached hydrogens (tertiary/aromatic N) is 3. The number of nitrogens with one attached hydrogen (secondary N) is 1. The van der Waals surface area contributed by atoms with Gasteiger partial charge in [-0.25, -0.2) is 0 Å². The third-order valence-electron chi connectivity index (χ3n) is 6.26. The SMILES string of the molecule is O=C(C1CC(=O)N(c2n[nH]c3ccccc23)C1)N1CCC(c2ccccc2)CC1. The average molecular weight is 388 g/mol. The van der Waals surface area contributed by atoms with Crippen molar-refractivity contribution in [1.82, 2.24) is 15.1 Å². The quantitative estimate of drug-likeness (QED) is 0.748. The van der Waals surface area contributed by atoms with Gasteiger partial charge in [0, 0.05) is 31.4 Å². The van der Waals surface area contributed by atoms with Gasteiger partial charge in [-0.15, -0.1) is 0 Å². The first-order valence-electron chi connectivity index (χ1n) is 10.3. The Hall–Kier alpha value is -3.15. The summed E-state index contributed by atoms with van der Waals surface area (Å²) in [4.78, 5) is 29.4. The Labute approximate surface area is 169 Å². The second kappa shape index (κ2) is 7.35. The van der Waals surface area contributed by atoms with Crippen LogP contribution >= 0.6 is 0 Å². The third-order valence-corrected chi connectivity index (χ3v) is 6.26. The van der Waals surface area contributed by atoms with E-state index in [1.807, 2.05) is 35.2 Å². The number of aromatic amines is 1. The fourth-order valence-electron chi connectivity index (χ4n) is 4.65. The Kier molecular flexibility index (Phi) is 4.54. The number of anilines is 1. The minimum atomic E-state index is -0.286. The molecule has 0 spiro atoms. The zero-order chi connectivity index (χ0) is 19.8. The van der Waals surface area contributed by atoms with Gasteiger partial charge in [0.15, 0.2) is 5.82 Å². The van der Waals surface area contributed by atoms with Crippen LogP contribution in [0.15, 0.2) is 54.6 Å². The summed E-state index contributed by atoms with van der Waals surface area (Å²) in [6.07, 6.45) is 2.22. The maximum atomic E-state index is 13.1. The van der Waals surface area contributed by atoms with Gasteiger partial charge >= 0.3 is 0 Å². The van der Waals surface area contributed by atoms with Gasteiger partial charge in [0.25, 0.3) is 0 Å². The maximum absolute atomic E-state index is 13.1. The van der Waals surface area contributed by atoms with Crippen LogP contribution in [0, 0.1) is 5.92 Å². The number of aromatic nitrogens is 2. The van der Waals surface area contributed by atoms with E-state index in [9.17, 15) is 9.59 Å². The number of hydrogen-bond acceptors (Lipinski definition) is 3. The molecular formula is C23H24N4O2. The highest BCUT2D eigenvalue weighted by molar-refractivity contribution is 6.05. The molecule has 1 aromatic heterocycles. The molecule has 2 aliphatic heterocycles. The zero-order valence-electron chi connectivity index (χ0n) is 16.3. The molecule has 2 aromatic carbocycles. The molecule has 0 aliphatic carbocycles. The van der Waals surface area contributed by atoms with E-state index in [2.05, 4.69) is 34.5 Å². The summed E-state index contributed by atoms with van der Waals surface area (Å²) in [5.74, 6) is 0.930. The van der Waals surface area contributed by atoms with E-state index in [0.29, 0.717) is 18.3 Å². The molecule has 2 aliphatic rings. The summed E-state index contributed by atoms with van der Waals surface area (Å²) < 4.78 is 0. The number of benzene rings is 2. The second-order valence-electron chi connectivity index (χ2n) is 8.01. The van der Waals surface area contributed by atoms with E-state index >= 15 is 0 Å². The van der Waals surface area contributed by atoms with Gasteiger partial charge < -0.3 is 4.90 Å². The Balaban J connectivity index is 1.25. The van der Waals surface area contributed by atoms with Gasteiger partial charge in [0.1, 0.15) is 0 Å². The van der Waals surface area contributed by atoms with Gasteiger partial charge in [-0.3, -0.25) is 19.6 Å². The molecule has 3 aromatic rings. The summed E-state index contributed by atoms with van der Waals surface area (Å²) in [6, 6.07) is 18.3. The monoisotopic (exact) mass is 388 g/mol. The molecule has 2 saturated heterocycles. The van der Waals surface area contributed by atoms with Crippen LogP contribution < -0.4 is 4.90 Å². The Morgan fingerprint density at radius 3 is 2.52 bits per heavy atom. The van der Waals surface area contributed by atoms with Crippen LogP contribution in [-0.2, 0) is 9.59 Å². The standard InChI is InChI=1S/C23H24N4O2/c28-21-14-18(15-27(21)22-19-8-4-5-9-20(19)24-25-22)23(29)26-12-10-17(11-13-26)16-6-2-1-3-7-16/h1-9,17-18H,10-15H2,(H,24,25). The van der Waals surface area contributed by atoms with Crippen LogP contribution in [-0.4, -0.2) is 46.5 Å². The number of carbonyl (C=O) groups excluding carboxylic acids is 2. The first kappa shape index (κ1) is 17.9. The van der Waals surface area contributed by atoms with Crippen molar-refractivity contribution in [3.05, 3.63) is 60.2 Å². The molecule has 29 heavy (non-hydrogen) atoms. The van der Waals surface area contributed by atoms with Crippen molar-refractivity contribution in [2.75, 3.05) is 24.5 Å². The number of hydrogen-bond donors (Lipinski definition) is 1. The molecule has 1 atom stereocenters. The smallest absolute Gasteiger partial charge is 0.229 e. The lowest BCUT2D eigenvalue weighted by Gasteiger charge is -2.33. The summed E-state index contributed by atoms with van der Waals surface area (Å²) in [5, 5.41) is 8.22. The number of fused-ring (bicyclic) bond motifs is 1. The van der Waals surface area contributed by atoms with Crippen molar-refractivity contribution in [3.8, 4) is 0 Å². The lowest BCUT2D eigenvalue weighted by atomic mass is 9.89. The van der Waals surface area contributed by atoms with Gasteiger partial charge in [0.05, 0.1) is 11.4 Å². The van der Waals surface area contributed by atoms with Crippen LogP contribution in [0.4, 0.5) is 5.82 Å². The average Bonchev–Trinajstić information content (AvgIpc) is 3.37. The summed E-state index contributed by atoms with van der Waals surface area (Å²) in [7, 11) is 0. The predicted octanol–water partition coefficient (Wildman–Crippen LogP) is 3.32. The molecule has 2 fully saturated rings. The molecule has 0 bridgehead atoms. The van der Waals surface area contributed by atoms with E-state index in [-0.39, 0.29) is 24.2 Å². The normalized spacial score (nSPS) is 20.6. The lowest BCUT2D eigenvalue weighted by Crippen LogP contribution is -2.42. The number of likely N-dealkylation sites (tertiary alicyclic amines) is 1. The minimum Gasteiger partial charge on any atom is -0.342 e. The van der Waals surface area contributed by atoms with Crippen LogP contribution in [0.3, 0.4) is 0 Å². The predicted molar refractivity (Wildman–Crippen MR) is 112 cm³/mol. The molecule has 3 heterocycles. The van der Waals surface area contributed by atoms with Crippen molar-refractivity contribution in [3.63, 3.8) is 0 Å². The largest absolute Gasteiger partial charge is 0.342 e. The van der Waals surface area contributed by atoms with Crippen molar-refractivity contribution in [1.29, 1.82) is 0 Å². The lowest BCUT2D eigenvalue weighted by molar-refractivity contribution is -0.136. The summed E-state index contributed by atoms with van der Waals surface area (Å²) in [6.45, 7) is 1.92. The van der Waals surface area contributed by atoms with Gasteiger partial charge in [0.2, 0.25) is 11.8 Å². The molecule has 6 nitrogen and oxygen atoms in total. The van der Waals surface area contributed by atoms with Crippen LogP contribution in [0.1, 0.15) is 30.7 Å². The first-order chi connectivity index (χ1) is 14.2. The molecule has 5 rings (SSSR count). The summed E-state index contributed by atoms with van der Waals surface area (Å²) >= 11 is 0. The van der Waals surface area contributed by atoms with Crippen molar-refractivity contribution in [2.45, 2.75) is 25.2 Å². The molecule has 1 unspecified atom stereocenters. The second-order valence-corrected chi connectivity index (χ2v) is 8.01. The molecule has 6 heteroatoms. The Morgan fingerprint density at radius 2 is 1.72 bits per heavy atom. The fourth-order valence-corrected chi connectivity index (χ4v) is 4.65. The van der Waals surface area contributed by atoms with Crippen LogP contribution in [0.25, 0.3) is 10.9 Å². The molecule has 0 radical (unpaired) electrons. The van der Waals surface area contributed by atoms with Gasteiger partial charge in [-0.05, 0) is 36.5 Å². The Bertz CT molecular complexity index is 1040. The van der Waals surface area contributed by atoms with Crippen molar-refractivity contribution in [2.24, 2.45) is 5.92 Å². The highest BCUT2D eigenvalue weighted by Gasteiger charge is 2.39. The van der Waals surface area contributed by atoms with E-state index in [1.165, 1.54) is 5.56 Å². The first-order valence-corrected chi connectivity index (χ1v) is 10.3. The number of para-hydroxylation sites is 1. The molecular weight excluding hydrogens is 364 g/mol.